The van der Waals surface area contributed by atoms with Crippen LogP contribution in [0.3, 0.4) is 0 Å². The number of hydrogen-bond acceptors (Lipinski definition) is 6. The summed E-state index contributed by atoms with van der Waals surface area (Å²) in [6, 6.07) is 10.4. The van der Waals surface area contributed by atoms with E-state index in [0.717, 1.165) is 24.8 Å². The first-order valence-corrected chi connectivity index (χ1v) is 12.9. The number of hydrogen-bond donors (Lipinski definition) is 1. The Morgan fingerprint density at radius 3 is 2.55 bits per heavy atom. The first-order valence-electron chi connectivity index (χ1n) is 11.4. The molecular formula is C24H30N2O6S. The third-order valence-electron chi connectivity index (χ3n) is 5.71. The number of rotatable bonds is 8. The molecule has 2 aromatic rings. The van der Waals surface area contributed by atoms with Crippen LogP contribution in [0, 0.1) is 0 Å². The maximum Gasteiger partial charge on any atom is 0.246 e. The molecule has 1 fully saturated rings. The number of nitrogens with zero attached hydrogens (tertiary/aromatic N) is 1. The van der Waals surface area contributed by atoms with E-state index in [1.165, 1.54) is 10.4 Å². The van der Waals surface area contributed by atoms with Gasteiger partial charge in [-0.3, -0.25) is 4.79 Å². The molecule has 178 valence electrons. The lowest BCUT2D eigenvalue weighted by Crippen LogP contribution is -2.35. The highest BCUT2D eigenvalue weighted by Crippen LogP contribution is 2.32. The first kappa shape index (κ1) is 23.4. The number of amides is 1. The molecule has 4 rings (SSSR count). The number of carbonyl (C=O) groups is 1. The maximum atomic E-state index is 13.3. The monoisotopic (exact) mass is 474 g/mol. The Kier molecular flexibility index (Phi) is 7.39. The SMILES string of the molecule is CCOc1ccc(NC(=O)CCc2ccc3c(c2)OCCO3)cc1S(=O)(=O)N1CCCCC1. The van der Waals surface area contributed by atoms with Crippen LogP contribution in [0.15, 0.2) is 41.3 Å². The number of carbonyl (C=O) groups excluding carboxylic acids is 1. The van der Waals surface area contributed by atoms with Crippen LogP contribution in [0.2, 0.25) is 0 Å². The van der Waals surface area contributed by atoms with Crippen LogP contribution in [0.25, 0.3) is 0 Å². The molecule has 0 atom stereocenters. The molecule has 33 heavy (non-hydrogen) atoms. The highest BCUT2D eigenvalue weighted by atomic mass is 32.2. The maximum absolute atomic E-state index is 13.3. The third kappa shape index (κ3) is 5.59. The summed E-state index contributed by atoms with van der Waals surface area (Å²) >= 11 is 0. The van der Waals surface area contributed by atoms with E-state index < -0.39 is 10.0 Å². The molecule has 0 radical (unpaired) electrons. The quantitative estimate of drug-likeness (QED) is 0.628. The van der Waals surface area contributed by atoms with E-state index in [1.54, 1.807) is 12.1 Å². The summed E-state index contributed by atoms with van der Waals surface area (Å²) < 4.78 is 44.7. The lowest BCUT2D eigenvalue weighted by atomic mass is 10.1. The van der Waals surface area contributed by atoms with E-state index in [4.69, 9.17) is 14.2 Å². The van der Waals surface area contributed by atoms with Gasteiger partial charge in [0.05, 0.1) is 6.61 Å². The number of anilines is 1. The van der Waals surface area contributed by atoms with E-state index in [-0.39, 0.29) is 17.2 Å². The van der Waals surface area contributed by atoms with Crippen LogP contribution in [-0.4, -0.2) is 51.5 Å². The van der Waals surface area contributed by atoms with Crippen molar-refractivity contribution in [3.05, 3.63) is 42.0 Å². The number of aryl methyl sites for hydroxylation is 1. The van der Waals surface area contributed by atoms with Gasteiger partial charge in [-0.25, -0.2) is 8.42 Å². The average Bonchev–Trinajstić information content (AvgIpc) is 2.84. The van der Waals surface area contributed by atoms with Crippen LogP contribution in [0.4, 0.5) is 5.69 Å². The van der Waals surface area contributed by atoms with E-state index >= 15 is 0 Å². The largest absolute Gasteiger partial charge is 0.492 e. The fraction of sp³-hybridized carbons (Fsp3) is 0.458. The second-order valence-electron chi connectivity index (χ2n) is 8.09. The zero-order chi connectivity index (χ0) is 23.3. The molecule has 2 aliphatic rings. The van der Waals surface area contributed by atoms with Gasteiger partial charge < -0.3 is 19.5 Å². The molecule has 9 heteroatoms. The van der Waals surface area contributed by atoms with Gasteiger partial charge in [-0.1, -0.05) is 12.5 Å². The van der Waals surface area contributed by atoms with Crippen LogP contribution >= 0.6 is 0 Å². The standard InChI is InChI=1S/C24H30N2O6S/c1-2-30-21-10-8-19(17-23(21)33(28,29)26-12-4-3-5-13-26)25-24(27)11-7-18-6-9-20-22(16-18)32-15-14-31-20/h6,8-10,16-17H,2-5,7,11-15H2,1H3,(H,25,27). The molecule has 8 nitrogen and oxygen atoms in total. The Hall–Kier alpha value is -2.78. The Morgan fingerprint density at radius 2 is 1.79 bits per heavy atom. The van der Waals surface area contributed by atoms with Gasteiger partial charge in [0.15, 0.2) is 11.5 Å². The summed E-state index contributed by atoms with van der Waals surface area (Å²) in [6.07, 6.45) is 3.50. The van der Waals surface area contributed by atoms with E-state index in [1.807, 2.05) is 25.1 Å². The van der Waals surface area contributed by atoms with Gasteiger partial charge in [0.1, 0.15) is 23.9 Å². The van der Waals surface area contributed by atoms with Crippen LogP contribution < -0.4 is 19.5 Å². The van der Waals surface area contributed by atoms with Gasteiger partial charge in [-0.05, 0) is 62.1 Å². The average molecular weight is 475 g/mol. The summed E-state index contributed by atoms with van der Waals surface area (Å²) in [5.74, 6) is 1.51. The molecule has 0 aliphatic carbocycles. The lowest BCUT2D eigenvalue weighted by Gasteiger charge is -2.27. The highest BCUT2D eigenvalue weighted by molar-refractivity contribution is 7.89. The molecule has 1 saturated heterocycles. The van der Waals surface area contributed by atoms with Gasteiger partial charge in [0.25, 0.3) is 0 Å². The molecule has 1 N–H and O–H groups in total. The third-order valence-corrected chi connectivity index (χ3v) is 7.63. The van der Waals surface area contributed by atoms with E-state index in [9.17, 15) is 13.2 Å². The Labute approximate surface area is 194 Å². The number of sulfonamides is 1. The van der Waals surface area contributed by atoms with Crippen molar-refractivity contribution in [2.75, 3.05) is 38.2 Å². The smallest absolute Gasteiger partial charge is 0.246 e. The Bertz CT molecular complexity index is 1100. The van der Waals surface area contributed by atoms with Gasteiger partial charge in [0.2, 0.25) is 15.9 Å². The fourth-order valence-corrected chi connectivity index (χ4v) is 5.71. The highest BCUT2D eigenvalue weighted by Gasteiger charge is 2.29. The zero-order valence-electron chi connectivity index (χ0n) is 18.8. The van der Waals surface area contributed by atoms with E-state index in [2.05, 4.69) is 5.32 Å². The van der Waals surface area contributed by atoms with E-state index in [0.29, 0.717) is 62.3 Å². The van der Waals surface area contributed by atoms with Gasteiger partial charge in [-0.15, -0.1) is 0 Å². The second-order valence-corrected chi connectivity index (χ2v) is 9.99. The Morgan fingerprint density at radius 1 is 1.03 bits per heavy atom. The normalized spacial score (nSPS) is 16.3. The van der Waals surface area contributed by atoms with Crippen molar-refractivity contribution < 1.29 is 27.4 Å². The van der Waals surface area contributed by atoms with Crippen molar-refractivity contribution in [2.24, 2.45) is 0 Å². The Balaban J connectivity index is 1.45. The van der Waals surface area contributed by atoms with Gasteiger partial charge in [-0.2, -0.15) is 4.31 Å². The predicted octanol–water partition coefficient (Wildman–Crippen LogP) is 3.60. The molecule has 0 aromatic heterocycles. The first-order chi connectivity index (χ1) is 16.0. The second kappa shape index (κ2) is 10.4. The van der Waals surface area contributed by atoms with Crippen LogP contribution in [0.1, 0.15) is 38.2 Å². The molecule has 1 amide bonds. The molecule has 0 unspecified atom stereocenters. The van der Waals surface area contributed by atoms with Crippen molar-refractivity contribution in [1.29, 1.82) is 0 Å². The van der Waals surface area contributed by atoms with Crippen molar-refractivity contribution >= 4 is 21.6 Å². The topological polar surface area (TPSA) is 94.2 Å². The minimum absolute atomic E-state index is 0.0934. The number of fused-ring (bicyclic) bond motifs is 1. The summed E-state index contributed by atoms with van der Waals surface area (Å²) in [4.78, 5) is 12.7. The summed E-state index contributed by atoms with van der Waals surface area (Å²) in [6.45, 7) is 4.21. The molecule has 2 aliphatic heterocycles. The van der Waals surface area contributed by atoms with Crippen molar-refractivity contribution in [2.45, 2.75) is 43.9 Å². The van der Waals surface area contributed by atoms with Crippen molar-refractivity contribution in [1.82, 2.24) is 4.31 Å². The summed E-state index contributed by atoms with van der Waals surface area (Å²) in [7, 11) is -3.71. The molecule has 0 bridgehead atoms. The fourth-order valence-electron chi connectivity index (χ4n) is 4.03. The lowest BCUT2D eigenvalue weighted by molar-refractivity contribution is -0.116. The summed E-state index contributed by atoms with van der Waals surface area (Å²) in [5, 5.41) is 2.83. The predicted molar refractivity (Wildman–Crippen MR) is 125 cm³/mol. The number of ether oxygens (including phenoxy) is 3. The number of piperidine rings is 1. The number of benzene rings is 2. The van der Waals surface area contributed by atoms with Gasteiger partial charge in [0, 0.05) is 25.2 Å². The minimum atomic E-state index is -3.71. The van der Waals surface area contributed by atoms with Crippen LogP contribution in [0.5, 0.6) is 17.2 Å². The molecule has 0 spiro atoms. The molecular weight excluding hydrogens is 444 g/mol. The van der Waals surface area contributed by atoms with Crippen molar-refractivity contribution in [3.8, 4) is 17.2 Å². The molecule has 2 heterocycles. The van der Waals surface area contributed by atoms with Gasteiger partial charge >= 0.3 is 0 Å². The molecule has 0 saturated carbocycles. The number of nitrogens with one attached hydrogen (secondary N) is 1. The van der Waals surface area contributed by atoms with Crippen LogP contribution in [-0.2, 0) is 21.2 Å². The summed E-state index contributed by atoms with van der Waals surface area (Å²) in [5.41, 5.74) is 1.40. The van der Waals surface area contributed by atoms with Crippen molar-refractivity contribution in [3.63, 3.8) is 0 Å². The zero-order valence-corrected chi connectivity index (χ0v) is 19.7. The minimum Gasteiger partial charge on any atom is -0.492 e. The molecule has 2 aromatic carbocycles.